The average Bonchev–Trinajstić information content (AvgIpc) is 2.78. The summed E-state index contributed by atoms with van der Waals surface area (Å²) in [6.07, 6.45) is 9.58. The van der Waals surface area contributed by atoms with Crippen LogP contribution in [-0.2, 0) is 9.84 Å². The predicted octanol–water partition coefficient (Wildman–Crippen LogP) is 2.06. The van der Waals surface area contributed by atoms with E-state index in [4.69, 9.17) is 0 Å². The van der Waals surface area contributed by atoms with Gasteiger partial charge in [-0.3, -0.25) is 14.8 Å². The van der Waals surface area contributed by atoms with Crippen LogP contribution in [-0.4, -0.2) is 63.6 Å². The van der Waals surface area contributed by atoms with Crippen LogP contribution in [0.3, 0.4) is 0 Å². The van der Waals surface area contributed by atoms with E-state index in [2.05, 4.69) is 19.9 Å². The number of nitrogens with zero attached hydrogens (tertiary/aromatic N) is 5. The molecule has 3 aromatic rings. The van der Waals surface area contributed by atoms with Crippen molar-refractivity contribution in [1.29, 1.82) is 0 Å². The predicted molar refractivity (Wildman–Crippen MR) is 112 cm³/mol. The van der Waals surface area contributed by atoms with Crippen molar-refractivity contribution in [3.8, 4) is 17.1 Å². The van der Waals surface area contributed by atoms with Gasteiger partial charge in [-0.2, -0.15) is 0 Å². The molecule has 9 nitrogen and oxygen atoms in total. The molecule has 0 aromatic carbocycles. The van der Waals surface area contributed by atoms with Gasteiger partial charge in [-0.05, 0) is 31.0 Å². The van der Waals surface area contributed by atoms with Gasteiger partial charge in [-0.1, -0.05) is 0 Å². The van der Waals surface area contributed by atoms with Crippen LogP contribution in [0.4, 0.5) is 0 Å². The van der Waals surface area contributed by atoms with Crippen molar-refractivity contribution in [2.24, 2.45) is 0 Å². The van der Waals surface area contributed by atoms with Gasteiger partial charge in [0.05, 0.1) is 17.5 Å². The Labute approximate surface area is 179 Å². The second-order valence-corrected chi connectivity index (χ2v) is 9.43. The molecule has 0 aliphatic carbocycles. The van der Waals surface area contributed by atoms with Crippen molar-refractivity contribution in [2.45, 2.75) is 23.7 Å². The molecule has 4 heterocycles. The highest BCUT2D eigenvalue weighted by atomic mass is 32.2. The summed E-state index contributed by atoms with van der Waals surface area (Å²) in [5.74, 6) is 0.0299. The summed E-state index contributed by atoms with van der Waals surface area (Å²) in [6.45, 7) is 0.883. The van der Waals surface area contributed by atoms with Gasteiger partial charge in [0.25, 0.3) is 5.91 Å². The van der Waals surface area contributed by atoms with E-state index < -0.39 is 9.84 Å². The zero-order valence-electron chi connectivity index (χ0n) is 16.8. The summed E-state index contributed by atoms with van der Waals surface area (Å²) in [4.78, 5) is 31.2. The Morgan fingerprint density at radius 3 is 2.45 bits per heavy atom. The lowest BCUT2D eigenvalue weighted by Gasteiger charge is -2.32. The van der Waals surface area contributed by atoms with E-state index in [0.29, 0.717) is 43.0 Å². The quantitative estimate of drug-likeness (QED) is 0.655. The Bertz CT molecular complexity index is 1210. The number of amides is 1. The van der Waals surface area contributed by atoms with Crippen LogP contribution in [0.15, 0.2) is 54.1 Å². The van der Waals surface area contributed by atoms with Gasteiger partial charge in [0.2, 0.25) is 0 Å². The average molecular weight is 439 g/mol. The number of aromatic hydroxyl groups is 1. The number of sulfone groups is 1. The molecule has 0 radical (unpaired) electrons. The molecule has 1 amide bonds. The highest BCUT2D eigenvalue weighted by Gasteiger charge is 2.30. The van der Waals surface area contributed by atoms with Gasteiger partial charge in [-0.15, -0.1) is 0 Å². The Morgan fingerprint density at radius 1 is 1.10 bits per heavy atom. The minimum Gasteiger partial charge on any atom is -0.506 e. The van der Waals surface area contributed by atoms with Gasteiger partial charge in [-0.25, -0.2) is 18.4 Å². The monoisotopic (exact) mass is 439 g/mol. The molecule has 0 unspecified atom stereocenters. The summed E-state index contributed by atoms with van der Waals surface area (Å²) in [5.41, 5.74) is 1.55. The third-order valence-electron chi connectivity index (χ3n) is 5.26. The maximum Gasteiger partial charge on any atom is 0.255 e. The maximum atomic E-state index is 12.7. The first-order valence-electron chi connectivity index (χ1n) is 9.73. The number of likely N-dealkylation sites (tertiary alicyclic amines) is 1. The third-order valence-corrected chi connectivity index (χ3v) is 6.37. The van der Waals surface area contributed by atoms with E-state index in [0.717, 1.165) is 11.8 Å². The highest BCUT2D eigenvalue weighted by Crippen LogP contribution is 2.32. The molecule has 31 heavy (non-hydrogen) atoms. The van der Waals surface area contributed by atoms with E-state index in [1.807, 2.05) is 0 Å². The van der Waals surface area contributed by atoms with Gasteiger partial charge in [0, 0.05) is 55.6 Å². The van der Waals surface area contributed by atoms with Crippen molar-refractivity contribution in [3.63, 3.8) is 0 Å². The van der Waals surface area contributed by atoms with Crippen molar-refractivity contribution in [3.05, 3.63) is 60.4 Å². The second kappa shape index (κ2) is 8.38. The summed E-state index contributed by atoms with van der Waals surface area (Å²) in [7, 11) is -3.51. The molecule has 4 rings (SSSR count). The Hall–Kier alpha value is -3.40. The molecule has 1 aliphatic heterocycles. The SMILES string of the molecule is CS(=O)(=O)c1cnc(-c2ccncc2)nc1C1CCN(C(=O)c2cncc(O)c2)CC1. The summed E-state index contributed by atoms with van der Waals surface area (Å²) >= 11 is 0. The molecular weight excluding hydrogens is 418 g/mol. The standard InChI is InChI=1S/C21H21N5O4S/c1-31(29,30)18-13-24-20(15-2-6-22-7-3-15)25-19(18)14-4-8-26(9-5-14)21(28)16-10-17(27)12-23-11-16/h2-3,6-7,10-14,27H,4-5,8-9H2,1H3. The van der Waals surface area contributed by atoms with Crippen LogP contribution in [0, 0.1) is 0 Å². The molecule has 0 bridgehead atoms. The molecule has 1 aliphatic rings. The minimum atomic E-state index is -3.51. The Kier molecular flexibility index (Phi) is 5.64. The van der Waals surface area contributed by atoms with Crippen molar-refractivity contribution >= 4 is 15.7 Å². The highest BCUT2D eigenvalue weighted by molar-refractivity contribution is 7.90. The molecule has 3 aromatic heterocycles. The third kappa shape index (κ3) is 4.53. The van der Waals surface area contributed by atoms with E-state index in [-0.39, 0.29) is 22.5 Å². The molecular formula is C21H21N5O4S. The molecule has 1 saturated heterocycles. The van der Waals surface area contributed by atoms with Crippen LogP contribution in [0.2, 0.25) is 0 Å². The Morgan fingerprint density at radius 2 is 1.81 bits per heavy atom. The van der Waals surface area contributed by atoms with Gasteiger partial charge < -0.3 is 10.0 Å². The first-order chi connectivity index (χ1) is 14.8. The fourth-order valence-corrected chi connectivity index (χ4v) is 4.52. The lowest BCUT2D eigenvalue weighted by Crippen LogP contribution is -2.38. The number of hydrogen-bond donors (Lipinski definition) is 1. The van der Waals surface area contributed by atoms with Crippen LogP contribution >= 0.6 is 0 Å². The van der Waals surface area contributed by atoms with Crippen LogP contribution in [0.5, 0.6) is 5.75 Å². The van der Waals surface area contributed by atoms with Crippen LogP contribution in [0.1, 0.15) is 34.8 Å². The Balaban J connectivity index is 1.59. The number of carbonyl (C=O) groups is 1. The van der Waals surface area contributed by atoms with Crippen molar-refractivity contribution in [2.75, 3.05) is 19.3 Å². The van der Waals surface area contributed by atoms with E-state index in [1.165, 1.54) is 24.7 Å². The maximum absolute atomic E-state index is 12.7. The number of rotatable bonds is 4. The first-order valence-corrected chi connectivity index (χ1v) is 11.6. The van der Waals surface area contributed by atoms with Crippen molar-refractivity contribution in [1.82, 2.24) is 24.8 Å². The van der Waals surface area contributed by atoms with Gasteiger partial charge in [0.1, 0.15) is 10.6 Å². The zero-order valence-corrected chi connectivity index (χ0v) is 17.7. The van der Waals surface area contributed by atoms with Crippen LogP contribution in [0.25, 0.3) is 11.4 Å². The number of piperidine rings is 1. The summed E-state index contributed by atoms with van der Waals surface area (Å²) < 4.78 is 24.7. The molecule has 0 atom stereocenters. The van der Waals surface area contributed by atoms with Gasteiger partial charge >= 0.3 is 0 Å². The summed E-state index contributed by atoms with van der Waals surface area (Å²) in [6, 6.07) is 4.92. The zero-order chi connectivity index (χ0) is 22.0. The van der Waals surface area contributed by atoms with E-state index in [1.54, 1.807) is 29.4 Å². The fourth-order valence-electron chi connectivity index (χ4n) is 3.69. The lowest BCUT2D eigenvalue weighted by atomic mass is 9.92. The topological polar surface area (TPSA) is 126 Å². The van der Waals surface area contributed by atoms with E-state index >= 15 is 0 Å². The van der Waals surface area contributed by atoms with Crippen LogP contribution < -0.4 is 0 Å². The normalized spacial score (nSPS) is 15.1. The fraction of sp³-hybridized carbons (Fsp3) is 0.286. The number of pyridine rings is 2. The lowest BCUT2D eigenvalue weighted by molar-refractivity contribution is 0.0710. The second-order valence-electron chi connectivity index (χ2n) is 7.45. The number of aromatic nitrogens is 4. The van der Waals surface area contributed by atoms with Gasteiger partial charge in [0.15, 0.2) is 15.7 Å². The minimum absolute atomic E-state index is 0.0665. The number of hydrogen-bond acceptors (Lipinski definition) is 8. The molecule has 160 valence electrons. The summed E-state index contributed by atoms with van der Waals surface area (Å²) in [5, 5.41) is 9.57. The largest absolute Gasteiger partial charge is 0.506 e. The molecule has 10 heteroatoms. The molecule has 1 N–H and O–H groups in total. The smallest absolute Gasteiger partial charge is 0.255 e. The first kappa shape index (κ1) is 20.9. The number of carbonyl (C=O) groups excluding carboxylic acids is 1. The molecule has 0 saturated carbocycles. The molecule has 1 fully saturated rings. The van der Waals surface area contributed by atoms with E-state index in [9.17, 15) is 18.3 Å². The molecule has 0 spiro atoms. The van der Waals surface area contributed by atoms with Crippen molar-refractivity contribution < 1.29 is 18.3 Å².